The summed E-state index contributed by atoms with van der Waals surface area (Å²) >= 11 is 6.17. The zero-order valence-electron chi connectivity index (χ0n) is 15.3. The SMILES string of the molecule is O=C(O)CCc1cc(Cl)c(-c2noc(-c3cn4cc(C(F)(F)F)ccc4n3)n2)cc1F. The van der Waals surface area contributed by atoms with Gasteiger partial charge in [-0.15, -0.1) is 0 Å². The molecular weight excluding hydrogens is 444 g/mol. The number of hydrogen-bond donors (Lipinski definition) is 1. The number of rotatable bonds is 5. The third-order valence-corrected chi connectivity index (χ3v) is 4.72. The second-order valence-electron chi connectivity index (χ2n) is 6.55. The summed E-state index contributed by atoms with van der Waals surface area (Å²) in [4.78, 5) is 18.9. The molecule has 4 aromatic rings. The van der Waals surface area contributed by atoms with Crippen molar-refractivity contribution >= 4 is 23.2 Å². The van der Waals surface area contributed by atoms with E-state index in [0.29, 0.717) is 0 Å². The highest BCUT2D eigenvalue weighted by Gasteiger charge is 2.31. The fraction of sp³-hybridized carbons (Fsp3) is 0.158. The van der Waals surface area contributed by atoms with Crippen molar-refractivity contribution in [3.8, 4) is 23.0 Å². The molecule has 0 bridgehead atoms. The van der Waals surface area contributed by atoms with E-state index >= 15 is 0 Å². The predicted octanol–water partition coefficient (Wildman–Crippen LogP) is 4.88. The molecule has 1 aromatic carbocycles. The minimum atomic E-state index is -4.51. The molecule has 4 rings (SSSR count). The van der Waals surface area contributed by atoms with Crippen molar-refractivity contribution < 1.29 is 32.0 Å². The van der Waals surface area contributed by atoms with E-state index in [1.165, 1.54) is 22.7 Å². The highest BCUT2D eigenvalue weighted by atomic mass is 35.5. The summed E-state index contributed by atoms with van der Waals surface area (Å²) < 4.78 is 59.2. The topological polar surface area (TPSA) is 93.5 Å². The Morgan fingerprint density at radius 2 is 1.97 bits per heavy atom. The molecule has 31 heavy (non-hydrogen) atoms. The number of carbonyl (C=O) groups is 1. The minimum Gasteiger partial charge on any atom is -0.481 e. The Balaban J connectivity index is 1.65. The average Bonchev–Trinajstić information content (AvgIpc) is 3.33. The second-order valence-corrected chi connectivity index (χ2v) is 6.95. The predicted molar refractivity (Wildman–Crippen MR) is 99.8 cm³/mol. The molecule has 0 aliphatic heterocycles. The molecular formula is C19H11ClF4N4O3. The van der Waals surface area contributed by atoms with Crippen molar-refractivity contribution in [2.75, 3.05) is 0 Å². The smallest absolute Gasteiger partial charge is 0.417 e. The van der Waals surface area contributed by atoms with Crippen molar-refractivity contribution in [3.05, 3.63) is 58.6 Å². The number of halogens is 5. The van der Waals surface area contributed by atoms with E-state index in [1.54, 1.807) is 0 Å². The standard InChI is InChI=1S/C19H11ClF4N4O3/c20-12-5-9(1-4-16(29)30)13(21)6-11(12)17-26-18(31-27-17)14-8-28-7-10(19(22,23)24)2-3-15(28)25-14/h2-3,5-8H,1,4H2,(H,29,30). The van der Waals surface area contributed by atoms with Crippen LogP contribution in [0.3, 0.4) is 0 Å². The monoisotopic (exact) mass is 454 g/mol. The first-order valence-electron chi connectivity index (χ1n) is 8.72. The van der Waals surface area contributed by atoms with Gasteiger partial charge in [-0.05, 0) is 36.2 Å². The molecule has 160 valence electrons. The molecule has 0 saturated heterocycles. The first kappa shape index (κ1) is 20.8. The number of hydrogen-bond acceptors (Lipinski definition) is 5. The van der Waals surface area contributed by atoms with Crippen LogP contribution in [0.15, 0.2) is 41.2 Å². The fourth-order valence-electron chi connectivity index (χ4n) is 2.89. The van der Waals surface area contributed by atoms with Crippen molar-refractivity contribution in [1.82, 2.24) is 19.5 Å². The van der Waals surface area contributed by atoms with Crippen molar-refractivity contribution in [1.29, 1.82) is 0 Å². The quantitative estimate of drug-likeness (QED) is 0.432. The van der Waals surface area contributed by atoms with E-state index in [2.05, 4.69) is 15.1 Å². The summed E-state index contributed by atoms with van der Waals surface area (Å²) in [5.74, 6) is -1.91. The number of carboxylic acid groups (broad SMARTS) is 1. The van der Waals surface area contributed by atoms with E-state index in [9.17, 15) is 22.4 Å². The van der Waals surface area contributed by atoms with Gasteiger partial charge in [0.1, 0.15) is 17.2 Å². The number of benzene rings is 1. The maximum absolute atomic E-state index is 14.3. The Hall–Kier alpha value is -3.47. The number of aliphatic carboxylic acids is 1. The van der Waals surface area contributed by atoms with Crippen LogP contribution in [0.2, 0.25) is 5.02 Å². The molecule has 0 radical (unpaired) electrons. The number of aryl methyl sites for hydroxylation is 1. The van der Waals surface area contributed by atoms with Crippen molar-refractivity contribution in [3.63, 3.8) is 0 Å². The number of alkyl halides is 3. The maximum Gasteiger partial charge on any atom is 0.417 e. The van der Waals surface area contributed by atoms with E-state index in [0.717, 1.165) is 18.3 Å². The lowest BCUT2D eigenvalue weighted by atomic mass is 10.1. The highest BCUT2D eigenvalue weighted by molar-refractivity contribution is 6.33. The maximum atomic E-state index is 14.3. The van der Waals surface area contributed by atoms with E-state index in [4.69, 9.17) is 21.2 Å². The van der Waals surface area contributed by atoms with Gasteiger partial charge >= 0.3 is 12.1 Å². The Morgan fingerprint density at radius 3 is 2.68 bits per heavy atom. The summed E-state index contributed by atoms with van der Waals surface area (Å²) in [6, 6.07) is 4.45. The lowest BCUT2D eigenvalue weighted by Gasteiger charge is -2.05. The third-order valence-electron chi connectivity index (χ3n) is 4.41. The summed E-state index contributed by atoms with van der Waals surface area (Å²) in [6.07, 6.45) is -2.64. The van der Waals surface area contributed by atoms with Gasteiger partial charge in [0.2, 0.25) is 5.82 Å². The lowest BCUT2D eigenvalue weighted by Crippen LogP contribution is -2.05. The van der Waals surface area contributed by atoms with E-state index in [-0.39, 0.29) is 52.0 Å². The molecule has 0 aliphatic rings. The number of aromatic nitrogens is 4. The van der Waals surface area contributed by atoms with Crippen LogP contribution in [-0.2, 0) is 17.4 Å². The van der Waals surface area contributed by atoms with Crippen LogP contribution < -0.4 is 0 Å². The molecule has 0 spiro atoms. The molecule has 0 unspecified atom stereocenters. The molecule has 3 aromatic heterocycles. The van der Waals surface area contributed by atoms with Crippen LogP contribution in [0.25, 0.3) is 28.6 Å². The van der Waals surface area contributed by atoms with Crippen LogP contribution in [0.1, 0.15) is 17.5 Å². The molecule has 12 heteroatoms. The number of nitrogens with zero attached hydrogens (tertiary/aromatic N) is 4. The van der Waals surface area contributed by atoms with Gasteiger partial charge in [0.05, 0.1) is 10.6 Å². The summed E-state index contributed by atoms with van der Waals surface area (Å²) in [5, 5.41) is 12.6. The first-order valence-corrected chi connectivity index (χ1v) is 9.10. The van der Waals surface area contributed by atoms with Crippen LogP contribution >= 0.6 is 11.6 Å². The zero-order valence-corrected chi connectivity index (χ0v) is 16.1. The van der Waals surface area contributed by atoms with Crippen molar-refractivity contribution in [2.24, 2.45) is 0 Å². The molecule has 7 nitrogen and oxygen atoms in total. The summed E-state index contributed by atoms with van der Waals surface area (Å²) in [6.45, 7) is 0. The molecule has 3 heterocycles. The zero-order chi connectivity index (χ0) is 22.3. The number of imidazole rings is 1. The number of fused-ring (bicyclic) bond motifs is 1. The number of pyridine rings is 1. The first-order chi connectivity index (χ1) is 14.6. The molecule has 0 saturated carbocycles. The largest absolute Gasteiger partial charge is 0.481 e. The Labute approximate surface area is 175 Å². The van der Waals surface area contributed by atoms with Gasteiger partial charge < -0.3 is 14.0 Å². The Kier molecular flexibility index (Phi) is 5.13. The van der Waals surface area contributed by atoms with Gasteiger partial charge in [-0.2, -0.15) is 18.2 Å². The molecule has 1 N–H and O–H groups in total. The summed E-state index contributed by atoms with van der Waals surface area (Å²) in [7, 11) is 0. The number of carboxylic acids is 1. The Morgan fingerprint density at radius 1 is 1.19 bits per heavy atom. The van der Waals surface area contributed by atoms with Crippen LogP contribution in [0.4, 0.5) is 17.6 Å². The van der Waals surface area contributed by atoms with Crippen LogP contribution in [0, 0.1) is 5.82 Å². The molecule has 0 atom stereocenters. The van der Waals surface area contributed by atoms with Gasteiger partial charge in [0.25, 0.3) is 5.89 Å². The third kappa shape index (κ3) is 4.22. The summed E-state index contributed by atoms with van der Waals surface area (Å²) in [5.41, 5.74) is -0.264. The minimum absolute atomic E-state index is 0.0418. The van der Waals surface area contributed by atoms with Crippen LogP contribution in [0.5, 0.6) is 0 Å². The van der Waals surface area contributed by atoms with Crippen LogP contribution in [-0.4, -0.2) is 30.6 Å². The second kappa shape index (κ2) is 7.65. The van der Waals surface area contributed by atoms with Gasteiger partial charge in [0.15, 0.2) is 0 Å². The molecule has 0 fully saturated rings. The van der Waals surface area contributed by atoms with E-state index in [1.807, 2.05) is 0 Å². The molecule has 0 amide bonds. The highest BCUT2D eigenvalue weighted by Crippen LogP contribution is 2.32. The van der Waals surface area contributed by atoms with Gasteiger partial charge in [-0.3, -0.25) is 4.79 Å². The lowest BCUT2D eigenvalue weighted by molar-refractivity contribution is -0.138. The average molecular weight is 455 g/mol. The normalized spacial score (nSPS) is 11.9. The van der Waals surface area contributed by atoms with Gasteiger partial charge in [-0.1, -0.05) is 16.8 Å². The molecule has 0 aliphatic carbocycles. The van der Waals surface area contributed by atoms with Crippen molar-refractivity contribution in [2.45, 2.75) is 19.0 Å². The fourth-order valence-corrected chi connectivity index (χ4v) is 3.16. The van der Waals surface area contributed by atoms with Gasteiger partial charge in [0, 0.05) is 24.4 Å². The Bertz CT molecular complexity index is 1300. The van der Waals surface area contributed by atoms with Gasteiger partial charge in [-0.25, -0.2) is 9.37 Å². The van der Waals surface area contributed by atoms with E-state index < -0.39 is 23.5 Å².